The lowest BCUT2D eigenvalue weighted by Gasteiger charge is -2.37. The molecule has 3 rings (SSSR count). The molecule has 1 amide bonds. The van der Waals surface area contributed by atoms with Gasteiger partial charge in [-0.2, -0.15) is 11.8 Å². The summed E-state index contributed by atoms with van der Waals surface area (Å²) >= 11 is 1.81. The number of amides is 1. The molecule has 1 atom stereocenters. The zero-order valence-corrected chi connectivity index (χ0v) is 13.6. The van der Waals surface area contributed by atoms with Gasteiger partial charge in [0.05, 0.1) is 0 Å². The Kier molecular flexibility index (Phi) is 4.93. The minimum atomic E-state index is -1.15. The van der Waals surface area contributed by atoms with E-state index in [2.05, 4.69) is 22.3 Å². The van der Waals surface area contributed by atoms with E-state index in [1.165, 1.54) is 5.69 Å². The van der Waals surface area contributed by atoms with Gasteiger partial charge in [-0.3, -0.25) is 4.79 Å². The first-order valence-corrected chi connectivity index (χ1v) is 9.24. The molecule has 0 aliphatic carbocycles. The zero-order valence-electron chi connectivity index (χ0n) is 12.8. The lowest BCUT2D eigenvalue weighted by atomic mass is 9.94. The molecule has 0 aromatic heterocycles. The topological polar surface area (TPSA) is 52.6 Å². The quantitative estimate of drug-likeness (QED) is 0.895. The Morgan fingerprint density at radius 1 is 1.27 bits per heavy atom. The van der Waals surface area contributed by atoms with Crippen molar-refractivity contribution in [2.45, 2.75) is 37.3 Å². The maximum absolute atomic E-state index is 12.4. The fourth-order valence-electron chi connectivity index (χ4n) is 3.22. The molecule has 120 valence electrons. The fraction of sp³-hybridized carbons (Fsp3) is 0.588. The van der Waals surface area contributed by atoms with Crippen LogP contribution in [0.15, 0.2) is 30.3 Å². The summed E-state index contributed by atoms with van der Waals surface area (Å²) in [5.41, 5.74) is 0.0505. The van der Waals surface area contributed by atoms with E-state index < -0.39 is 5.60 Å². The summed E-state index contributed by atoms with van der Waals surface area (Å²) in [7, 11) is 0. The second kappa shape index (κ2) is 6.92. The highest BCUT2D eigenvalue weighted by atomic mass is 32.2. The van der Waals surface area contributed by atoms with Gasteiger partial charge in [0.15, 0.2) is 0 Å². The lowest BCUT2D eigenvalue weighted by Crippen LogP contribution is -2.55. The molecule has 2 N–H and O–H groups in total. The first-order chi connectivity index (χ1) is 10.7. The van der Waals surface area contributed by atoms with E-state index in [-0.39, 0.29) is 11.9 Å². The van der Waals surface area contributed by atoms with E-state index >= 15 is 0 Å². The van der Waals surface area contributed by atoms with Gasteiger partial charge in [-0.25, -0.2) is 0 Å². The van der Waals surface area contributed by atoms with Crippen molar-refractivity contribution in [3.05, 3.63) is 30.3 Å². The summed E-state index contributed by atoms with van der Waals surface area (Å²) in [6.07, 6.45) is 3.19. The van der Waals surface area contributed by atoms with Gasteiger partial charge >= 0.3 is 0 Å². The normalized spacial score (nSPS) is 24.8. The summed E-state index contributed by atoms with van der Waals surface area (Å²) in [5, 5.41) is 13.6. The molecule has 0 bridgehead atoms. The molecule has 2 fully saturated rings. The van der Waals surface area contributed by atoms with E-state index in [0.717, 1.165) is 37.4 Å². The standard InChI is InChI=1S/C17H24N2O2S/c20-16(17(21)8-11-22-12-9-17)18-14-5-4-10-19(13-14)15-6-2-1-3-7-15/h1-3,6-7,14,21H,4-5,8-13H2,(H,18,20). The van der Waals surface area contributed by atoms with Crippen molar-refractivity contribution in [3.63, 3.8) is 0 Å². The van der Waals surface area contributed by atoms with Crippen molar-refractivity contribution < 1.29 is 9.90 Å². The first-order valence-electron chi connectivity index (χ1n) is 8.08. The second-order valence-corrected chi connectivity index (χ2v) is 7.46. The number of nitrogens with zero attached hydrogens (tertiary/aromatic N) is 1. The van der Waals surface area contributed by atoms with Gasteiger partial charge < -0.3 is 15.3 Å². The van der Waals surface area contributed by atoms with Crippen molar-refractivity contribution in [2.75, 3.05) is 29.5 Å². The van der Waals surface area contributed by atoms with Crippen LogP contribution in [0.3, 0.4) is 0 Å². The van der Waals surface area contributed by atoms with Gasteiger partial charge in [0.2, 0.25) is 0 Å². The van der Waals surface area contributed by atoms with Crippen LogP contribution in [-0.4, -0.2) is 47.3 Å². The summed E-state index contributed by atoms with van der Waals surface area (Å²) in [6, 6.07) is 10.4. The van der Waals surface area contributed by atoms with Crippen molar-refractivity contribution in [3.8, 4) is 0 Å². The third-order valence-corrected chi connectivity index (χ3v) is 5.61. The summed E-state index contributed by atoms with van der Waals surface area (Å²) in [4.78, 5) is 14.8. The molecular weight excluding hydrogens is 296 g/mol. The van der Waals surface area contributed by atoms with Crippen LogP contribution in [-0.2, 0) is 4.79 Å². The molecule has 22 heavy (non-hydrogen) atoms. The Morgan fingerprint density at radius 3 is 2.73 bits per heavy atom. The molecule has 1 aromatic carbocycles. The highest BCUT2D eigenvalue weighted by molar-refractivity contribution is 7.99. The van der Waals surface area contributed by atoms with Crippen LogP contribution in [0.25, 0.3) is 0 Å². The highest BCUT2D eigenvalue weighted by Crippen LogP contribution is 2.27. The smallest absolute Gasteiger partial charge is 0.252 e. The van der Waals surface area contributed by atoms with Crippen LogP contribution >= 0.6 is 11.8 Å². The molecule has 0 spiro atoms. The van der Waals surface area contributed by atoms with Crippen molar-refractivity contribution in [1.82, 2.24) is 5.32 Å². The second-order valence-electron chi connectivity index (χ2n) is 6.24. The molecule has 2 heterocycles. The molecule has 2 aliphatic rings. The highest BCUT2D eigenvalue weighted by Gasteiger charge is 2.38. The van der Waals surface area contributed by atoms with Gasteiger partial charge in [-0.05, 0) is 49.3 Å². The maximum Gasteiger partial charge on any atom is 0.252 e. The molecular formula is C17H24N2O2S. The molecule has 0 saturated carbocycles. The number of nitrogens with one attached hydrogen (secondary N) is 1. The molecule has 4 nitrogen and oxygen atoms in total. The van der Waals surface area contributed by atoms with Crippen LogP contribution < -0.4 is 10.2 Å². The third kappa shape index (κ3) is 3.58. The number of para-hydroxylation sites is 1. The molecule has 1 unspecified atom stereocenters. The number of hydrogen-bond acceptors (Lipinski definition) is 4. The number of carbonyl (C=O) groups is 1. The Bertz CT molecular complexity index is 503. The molecule has 5 heteroatoms. The fourth-order valence-corrected chi connectivity index (χ4v) is 4.39. The predicted octanol–water partition coefficient (Wildman–Crippen LogP) is 2.03. The monoisotopic (exact) mass is 320 g/mol. The summed E-state index contributed by atoms with van der Waals surface area (Å²) < 4.78 is 0. The first kappa shape index (κ1) is 15.7. The zero-order chi connectivity index (χ0) is 15.4. The van der Waals surface area contributed by atoms with Crippen LogP contribution in [0.5, 0.6) is 0 Å². The van der Waals surface area contributed by atoms with E-state index in [9.17, 15) is 9.90 Å². The van der Waals surface area contributed by atoms with Crippen molar-refractivity contribution >= 4 is 23.4 Å². The van der Waals surface area contributed by atoms with E-state index in [0.29, 0.717) is 12.8 Å². The van der Waals surface area contributed by atoms with Gasteiger partial charge in [0, 0.05) is 24.8 Å². The average Bonchev–Trinajstić information content (AvgIpc) is 2.56. The summed E-state index contributed by atoms with van der Waals surface area (Å²) in [6.45, 7) is 1.85. The largest absolute Gasteiger partial charge is 0.380 e. The Morgan fingerprint density at radius 2 is 2.00 bits per heavy atom. The number of piperidine rings is 1. The average molecular weight is 320 g/mol. The SMILES string of the molecule is O=C(NC1CCCN(c2ccccc2)C1)C1(O)CCSCC1. The van der Waals surface area contributed by atoms with E-state index in [1.807, 2.05) is 30.0 Å². The predicted molar refractivity (Wildman–Crippen MR) is 91.3 cm³/mol. The number of benzene rings is 1. The number of hydrogen-bond donors (Lipinski definition) is 2. The maximum atomic E-state index is 12.4. The van der Waals surface area contributed by atoms with Gasteiger partial charge in [-0.15, -0.1) is 0 Å². The lowest BCUT2D eigenvalue weighted by molar-refractivity contribution is -0.141. The number of rotatable bonds is 3. The van der Waals surface area contributed by atoms with Crippen LogP contribution in [0, 0.1) is 0 Å². The van der Waals surface area contributed by atoms with Gasteiger partial charge in [-0.1, -0.05) is 18.2 Å². The van der Waals surface area contributed by atoms with Crippen molar-refractivity contribution in [2.24, 2.45) is 0 Å². The summed E-state index contributed by atoms with van der Waals surface area (Å²) in [5.74, 6) is 1.56. The van der Waals surface area contributed by atoms with Gasteiger partial charge in [0.25, 0.3) is 5.91 Å². The minimum absolute atomic E-state index is 0.125. The van der Waals surface area contributed by atoms with E-state index in [1.54, 1.807) is 0 Å². The van der Waals surface area contributed by atoms with Crippen LogP contribution in [0.1, 0.15) is 25.7 Å². The Labute approximate surface area is 136 Å². The van der Waals surface area contributed by atoms with Gasteiger partial charge in [0.1, 0.15) is 5.60 Å². The number of carbonyl (C=O) groups excluding carboxylic acids is 1. The molecule has 2 saturated heterocycles. The van der Waals surface area contributed by atoms with Crippen LogP contribution in [0.2, 0.25) is 0 Å². The number of aliphatic hydroxyl groups is 1. The van der Waals surface area contributed by atoms with Crippen LogP contribution in [0.4, 0.5) is 5.69 Å². The van der Waals surface area contributed by atoms with Crippen molar-refractivity contribution in [1.29, 1.82) is 0 Å². The number of thioether (sulfide) groups is 1. The molecule has 2 aliphatic heterocycles. The Balaban J connectivity index is 1.59. The molecule has 1 aromatic rings. The minimum Gasteiger partial charge on any atom is -0.380 e. The number of anilines is 1. The van der Waals surface area contributed by atoms with E-state index in [4.69, 9.17) is 0 Å². The third-order valence-electron chi connectivity index (χ3n) is 4.62. The molecule has 0 radical (unpaired) electrons. The Hall–Kier alpha value is -1.20.